The Bertz CT molecular complexity index is 389. The van der Waals surface area contributed by atoms with Crippen LogP contribution in [0.3, 0.4) is 0 Å². The van der Waals surface area contributed by atoms with Gasteiger partial charge in [-0.05, 0) is 39.7 Å². The average molecular weight is 306 g/mol. The highest BCUT2D eigenvalue weighted by molar-refractivity contribution is 8.00. The van der Waals surface area contributed by atoms with Crippen molar-refractivity contribution in [1.29, 1.82) is 0 Å². The van der Waals surface area contributed by atoms with Crippen molar-refractivity contribution in [3.63, 3.8) is 0 Å². The van der Waals surface area contributed by atoms with E-state index >= 15 is 0 Å². The molecule has 1 unspecified atom stereocenters. The number of piperidine rings is 1. The van der Waals surface area contributed by atoms with Gasteiger partial charge in [0.05, 0.1) is 5.75 Å². The Morgan fingerprint density at radius 3 is 2.79 bits per heavy atom. The zero-order valence-electron chi connectivity index (χ0n) is 12.0. The molecule has 6 heteroatoms. The van der Waals surface area contributed by atoms with E-state index in [-0.39, 0.29) is 4.75 Å². The Morgan fingerprint density at radius 2 is 2.16 bits per heavy atom. The van der Waals surface area contributed by atoms with E-state index in [4.69, 9.17) is 0 Å². The molecule has 2 saturated heterocycles. The van der Waals surface area contributed by atoms with Gasteiger partial charge in [0.25, 0.3) is 0 Å². The Kier molecular flexibility index (Phi) is 5.20. The summed E-state index contributed by atoms with van der Waals surface area (Å²) in [6.45, 7) is 6.62. The number of thioether (sulfide) groups is 1. The van der Waals surface area contributed by atoms with Crippen molar-refractivity contribution in [2.24, 2.45) is 0 Å². The van der Waals surface area contributed by atoms with Crippen LogP contribution in [0.25, 0.3) is 0 Å². The first kappa shape index (κ1) is 15.6. The standard InChI is InChI=1S/C13H26N2O2S2/c1-13(2)11-15(8-9-18-13)19(16,17)10-6-12-5-3-4-7-14-12/h12,14H,3-11H2,1-2H3. The van der Waals surface area contributed by atoms with Crippen molar-refractivity contribution in [3.8, 4) is 0 Å². The Morgan fingerprint density at radius 1 is 1.37 bits per heavy atom. The molecule has 0 amide bonds. The zero-order valence-corrected chi connectivity index (χ0v) is 13.7. The summed E-state index contributed by atoms with van der Waals surface area (Å²) in [6, 6.07) is 0.399. The fourth-order valence-electron chi connectivity index (χ4n) is 2.80. The molecule has 1 atom stereocenters. The third-order valence-electron chi connectivity index (χ3n) is 3.92. The van der Waals surface area contributed by atoms with Crippen LogP contribution in [0, 0.1) is 0 Å². The van der Waals surface area contributed by atoms with Crippen LogP contribution in [0.15, 0.2) is 0 Å². The second-order valence-corrected chi connectivity index (χ2v) is 10.1. The minimum atomic E-state index is -3.07. The lowest BCUT2D eigenvalue weighted by atomic mass is 10.0. The van der Waals surface area contributed by atoms with Crippen LogP contribution in [0.2, 0.25) is 0 Å². The monoisotopic (exact) mass is 306 g/mol. The number of hydrogen-bond acceptors (Lipinski definition) is 4. The maximum Gasteiger partial charge on any atom is 0.214 e. The maximum absolute atomic E-state index is 12.4. The van der Waals surface area contributed by atoms with Crippen molar-refractivity contribution in [3.05, 3.63) is 0 Å². The number of nitrogens with one attached hydrogen (secondary N) is 1. The van der Waals surface area contributed by atoms with Gasteiger partial charge in [-0.15, -0.1) is 0 Å². The van der Waals surface area contributed by atoms with E-state index in [1.807, 2.05) is 11.8 Å². The van der Waals surface area contributed by atoms with Crippen LogP contribution < -0.4 is 5.32 Å². The fraction of sp³-hybridized carbons (Fsp3) is 1.00. The van der Waals surface area contributed by atoms with Gasteiger partial charge in [0.1, 0.15) is 0 Å². The molecule has 19 heavy (non-hydrogen) atoms. The number of hydrogen-bond donors (Lipinski definition) is 1. The molecule has 0 aromatic rings. The smallest absolute Gasteiger partial charge is 0.214 e. The van der Waals surface area contributed by atoms with Crippen LogP contribution in [-0.4, -0.2) is 54.7 Å². The van der Waals surface area contributed by atoms with E-state index in [9.17, 15) is 8.42 Å². The summed E-state index contributed by atoms with van der Waals surface area (Å²) in [7, 11) is -3.07. The van der Waals surface area contributed by atoms with E-state index in [0.717, 1.165) is 25.1 Å². The Balaban J connectivity index is 1.87. The van der Waals surface area contributed by atoms with Gasteiger partial charge < -0.3 is 5.32 Å². The third kappa shape index (κ3) is 4.62. The van der Waals surface area contributed by atoms with Crippen LogP contribution in [0.4, 0.5) is 0 Å². The molecule has 2 aliphatic rings. The van der Waals surface area contributed by atoms with E-state index < -0.39 is 10.0 Å². The molecular weight excluding hydrogens is 280 g/mol. The number of nitrogens with zero attached hydrogens (tertiary/aromatic N) is 1. The second-order valence-electron chi connectivity index (χ2n) is 6.19. The predicted molar refractivity (Wildman–Crippen MR) is 82.2 cm³/mol. The minimum Gasteiger partial charge on any atom is -0.314 e. The van der Waals surface area contributed by atoms with Crippen LogP contribution >= 0.6 is 11.8 Å². The first-order valence-electron chi connectivity index (χ1n) is 7.24. The second kappa shape index (κ2) is 6.33. The zero-order chi connectivity index (χ0) is 13.9. The lowest BCUT2D eigenvalue weighted by molar-refractivity contribution is 0.372. The first-order chi connectivity index (χ1) is 8.89. The van der Waals surface area contributed by atoms with Gasteiger partial charge in [-0.3, -0.25) is 0 Å². The van der Waals surface area contributed by atoms with Gasteiger partial charge >= 0.3 is 0 Å². The van der Waals surface area contributed by atoms with Gasteiger partial charge in [0.2, 0.25) is 10.0 Å². The van der Waals surface area contributed by atoms with E-state index in [0.29, 0.717) is 24.9 Å². The molecule has 0 bridgehead atoms. The third-order valence-corrected chi connectivity index (χ3v) is 7.07. The van der Waals surface area contributed by atoms with Crippen molar-refractivity contribution in [2.75, 3.05) is 31.1 Å². The molecule has 4 nitrogen and oxygen atoms in total. The van der Waals surface area contributed by atoms with Gasteiger partial charge in [0.15, 0.2) is 0 Å². The predicted octanol–water partition coefficient (Wildman–Crippen LogP) is 1.68. The first-order valence-corrected chi connectivity index (χ1v) is 9.84. The fourth-order valence-corrected chi connectivity index (χ4v) is 5.84. The molecule has 0 aliphatic carbocycles. The largest absolute Gasteiger partial charge is 0.314 e. The Labute approximate surface area is 121 Å². The molecule has 0 aromatic carbocycles. The summed E-state index contributed by atoms with van der Waals surface area (Å²) >= 11 is 1.87. The van der Waals surface area contributed by atoms with Crippen LogP contribution in [-0.2, 0) is 10.0 Å². The SMILES string of the molecule is CC1(C)CN(S(=O)(=O)CCC2CCCCN2)CCS1. The van der Waals surface area contributed by atoms with Crippen LogP contribution in [0.1, 0.15) is 39.5 Å². The summed E-state index contributed by atoms with van der Waals surface area (Å²) in [6.07, 6.45) is 4.33. The highest BCUT2D eigenvalue weighted by atomic mass is 32.2. The number of sulfonamides is 1. The van der Waals surface area contributed by atoms with Gasteiger partial charge in [-0.2, -0.15) is 16.1 Å². The highest BCUT2D eigenvalue weighted by Crippen LogP contribution is 2.31. The summed E-state index contributed by atoms with van der Waals surface area (Å²) in [5.41, 5.74) is 0. The molecule has 2 rings (SSSR count). The molecule has 0 saturated carbocycles. The summed E-state index contributed by atoms with van der Waals surface area (Å²) in [4.78, 5) is 0. The Hall–Kier alpha value is 0.220. The van der Waals surface area contributed by atoms with Crippen molar-refractivity contribution >= 4 is 21.8 Å². The van der Waals surface area contributed by atoms with Crippen molar-refractivity contribution < 1.29 is 8.42 Å². The quantitative estimate of drug-likeness (QED) is 0.858. The minimum absolute atomic E-state index is 0.0500. The molecule has 0 spiro atoms. The molecule has 2 heterocycles. The highest BCUT2D eigenvalue weighted by Gasteiger charge is 2.33. The van der Waals surface area contributed by atoms with E-state index in [1.54, 1.807) is 4.31 Å². The normalized spacial score (nSPS) is 29.3. The lowest BCUT2D eigenvalue weighted by Gasteiger charge is -2.37. The molecule has 0 aromatic heterocycles. The topological polar surface area (TPSA) is 49.4 Å². The average Bonchev–Trinajstić information content (AvgIpc) is 2.37. The van der Waals surface area contributed by atoms with Crippen molar-refractivity contribution in [2.45, 2.75) is 50.3 Å². The lowest BCUT2D eigenvalue weighted by Crippen LogP contribution is -2.47. The molecule has 0 radical (unpaired) electrons. The van der Waals surface area contributed by atoms with Gasteiger partial charge in [-0.25, -0.2) is 8.42 Å². The molecule has 2 fully saturated rings. The molecule has 1 N–H and O–H groups in total. The molecule has 2 aliphatic heterocycles. The molecule has 112 valence electrons. The van der Waals surface area contributed by atoms with Crippen molar-refractivity contribution in [1.82, 2.24) is 9.62 Å². The van der Waals surface area contributed by atoms with Crippen LogP contribution in [0.5, 0.6) is 0 Å². The molecular formula is C13H26N2O2S2. The van der Waals surface area contributed by atoms with Gasteiger partial charge in [0, 0.05) is 29.6 Å². The van der Waals surface area contributed by atoms with Gasteiger partial charge in [-0.1, -0.05) is 6.42 Å². The summed E-state index contributed by atoms with van der Waals surface area (Å²) in [5, 5.41) is 3.42. The summed E-state index contributed by atoms with van der Waals surface area (Å²) < 4.78 is 26.6. The van der Waals surface area contributed by atoms with E-state index in [1.165, 1.54) is 12.8 Å². The maximum atomic E-state index is 12.4. The summed E-state index contributed by atoms with van der Waals surface area (Å²) in [5.74, 6) is 1.21. The number of rotatable bonds is 4. The van der Waals surface area contributed by atoms with E-state index in [2.05, 4.69) is 19.2 Å².